The Labute approximate surface area is 238 Å². The fraction of sp³-hybridized carbons (Fsp3) is 0.643. The molecular weight excluding hydrogens is 531 g/mol. The Morgan fingerprint density at radius 3 is 2.50 bits per heavy atom. The summed E-state index contributed by atoms with van der Waals surface area (Å²) >= 11 is 1.38. The molecule has 10 nitrogen and oxygen atoms in total. The summed E-state index contributed by atoms with van der Waals surface area (Å²) in [5.74, 6) is 1.02. The quantitative estimate of drug-likeness (QED) is 0.565. The van der Waals surface area contributed by atoms with E-state index in [4.69, 9.17) is 10.5 Å². The predicted molar refractivity (Wildman–Crippen MR) is 152 cm³/mol. The van der Waals surface area contributed by atoms with Crippen LogP contribution in [0.2, 0.25) is 0 Å². The third-order valence-corrected chi connectivity index (χ3v) is 9.47. The van der Waals surface area contributed by atoms with Crippen molar-refractivity contribution in [3.63, 3.8) is 0 Å². The van der Waals surface area contributed by atoms with Gasteiger partial charge in [0.25, 0.3) is 0 Å². The third kappa shape index (κ3) is 5.53. The summed E-state index contributed by atoms with van der Waals surface area (Å²) in [5, 5.41) is 32.2. The second kappa shape index (κ2) is 11.7. The highest BCUT2D eigenvalue weighted by Gasteiger charge is 2.40. The summed E-state index contributed by atoms with van der Waals surface area (Å²) < 4.78 is 17.9. The van der Waals surface area contributed by atoms with Crippen LogP contribution in [-0.4, -0.2) is 84.7 Å². The van der Waals surface area contributed by atoms with Crippen LogP contribution in [0.4, 0.5) is 21.0 Å². The molecule has 0 aliphatic carbocycles. The molecule has 0 saturated carbocycles. The van der Waals surface area contributed by atoms with Gasteiger partial charge in [-0.2, -0.15) is 20.5 Å². The van der Waals surface area contributed by atoms with Gasteiger partial charge in [0.1, 0.15) is 28.9 Å². The van der Waals surface area contributed by atoms with E-state index in [-0.39, 0.29) is 11.4 Å². The third-order valence-electron chi connectivity index (χ3n) is 8.65. The van der Waals surface area contributed by atoms with Crippen LogP contribution in [0.3, 0.4) is 0 Å². The van der Waals surface area contributed by atoms with Crippen molar-refractivity contribution in [2.24, 2.45) is 0 Å². The molecule has 40 heavy (non-hydrogen) atoms. The topological polar surface area (TPSA) is 139 Å². The maximum atomic E-state index is 12.6. The number of hydrogen-bond donors (Lipinski definition) is 2. The van der Waals surface area contributed by atoms with Crippen molar-refractivity contribution in [3.05, 3.63) is 22.1 Å². The number of nitrogens with zero attached hydrogens (tertiary/aromatic N) is 7. The molecule has 4 aliphatic rings. The summed E-state index contributed by atoms with van der Waals surface area (Å²) in [4.78, 5) is 15.2. The van der Waals surface area contributed by atoms with Crippen molar-refractivity contribution in [2.75, 3.05) is 61.9 Å². The molecule has 6 rings (SSSR count). The number of nitrogens with two attached hydrogens (primary N) is 1. The zero-order valence-corrected chi connectivity index (χ0v) is 24.0. The highest BCUT2D eigenvalue weighted by atomic mass is 32.1. The molecule has 0 bridgehead atoms. The Bertz CT molecular complexity index is 1300. The van der Waals surface area contributed by atoms with Gasteiger partial charge in [-0.3, -0.25) is 4.90 Å². The van der Waals surface area contributed by atoms with E-state index in [9.17, 15) is 20.0 Å². The second-order valence-corrected chi connectivity index (χ2v) is 12.4. The molecule has 0 aromatic carbocycles. The number of thiophene rings is 1. The Balaban J connectivity index is 0.000000301. The summed E-state index contributed by atoms with van der Waals surface area (Å²) in [6, 6.07) is 5.32. The number of aromatic nitrogens is 2. The van der Waals surface area contributed by atoms with Crippen molar-refractivity contribution < 1.29 is 14.2 Å². The lowest BCUT2D eigenvalue weighted by molar-refractivity contribution is 0.153. The lowest BCUT2D eigenvalue weighted by atomic mass is 9.81. The van der Waals surface area contributed by atoms with E-state index < -0.39 is 12.3 Å². The summed E-state index contributed by atoms with van der Waals surface area (Å²) in [6.07, 6.45) is 4.73. The van der Waals surface area contributed by atoms with Gasteiger partial charge in [0.05, 0.1) is 18.8 Å². The van der Waals surface area contributed by atoms with Gasteiger partial charge in [0.2, 0.25) is 0 Å². The molecule has 4 fully saturated rings. The molecular formula is C28H37FN8O2S. The van der Waals surface area contributed by atoms with Crippen LogP contribution in [0.15, 0.2) is 5.38 Å². The number of β-amino-alcohol motifs (C(OH)–C–C–N with tert-alkyl or cyclic N) is 1. The smallest absolute Gasteiger partial charge is 0.320 e. The first kappa shape index (κ1) is 28.3. The maximum absolute atomic E-state index is 12.6. The number of halogens is 1. The Kier molecular flexibility index (Phi) is 8.31. The number of nitriles is 2. The molecule has 2 aromatic heterocycles. The Morgan fingerprint density at radius 1 is 1.10 bits per heavy atom. The number of ether oxygens (including phenoxy) is 1. The van der Waals surface area contributed by atoms with Crippen LogP contribution >= 0.6 is 11.3 Å². The predicted octanol–water partition coefficient (Wildman–Crippen LogP) is 3.19. The van der Waals surface area contributed by atoms with Crippen LogP contribution in [0.1, 0.15) is 62.1 Å². The molecule has 4 aliphatic heterocycles. The molecule has 12 heteroatoms. The van der Waals surface area contributed by atoms with Gasteiger partial charge in [0.15, 0.2) is 11.6 Å². The number of aliphatic hydroxyl groups is 1. The number of piperidine rings is 1. The maximum Gasteiger partial charge on any atom is 0.320 e. The van der Waals surface area contributed by atoms with E-state index in [0.29, 0.717) is 66.5 Å². The summed E-state index contributed by atoms with van der Waals surface area (Å²) in [5.41, 5.74) is 7.57. The highest BCUT2D eigenvalue weighted by Crippen LogP contribution is 2.43. The van der Waals surface area contributed by atoms with Crippen LogP contribution < -0.4 is 20.3 Å². The van der Waals surface area contributed by atoms with E-state index >= 15 is 0 Å². The van der Waals surface area contributed by atoms with Crippen molar-refractivity contribution >= 4 is 28.0 Å². The molecule has 0 radical (unpaired) electrons. The largest absolute Gasteiger partial charge is 0.467 e. The number of nitrogen functional groups attached to an aromatic ring is 1. The SMILES string of the molecule is COc1nc(N2CCCC(O)C2)c(C#N)c(N2CCC(C)(c3csc(N)c3C#N)C2)n1.FC1CC2CCCN2C1. The molecule has 4 unspecified atom stereocenters. The molecule has 214 valence electrons. The van der Waals surface area contributed by atoms with E-state index in [1.807, 2.05) is 10.3 Å². The first-order valence-corrected chi connectivity index (χ1v) is 14.8. The van der Waals surface area contributed by atoms with Gasteiger partial charge in [-0.25, -0.2) is 4.39 Å². The average molecular weight is 569 g/mol. The lowest BCUT2D eigenvalue weighted by Gasteiger charge is -2.32. The summed E-state index contributed by atoms with van der Waals surface area (Å²) in [7, 11) is 1.50. The molecule has 0 spiro atoms. The molecule has 3 N–H and O–H groups in total. The number of alkyl halides is 1. The van der Waals surface area contributed by atoms with Gasteiger partial charge >= 0.3 is 6.01 Å². The molecule has 2 aromatic rings. The summed E-state index contributed by atoms with van der Waals surface area (Å²) in [6.45, 7) is 6.37. The van der Waals surface area contributed by atoms with Crippen molar-refractivity contribution in [1.29, 1.82) is 10.5 Å². The van der Waals surface area contributed by atoms with Gasteiger partial charge in [-0.05, 0) is 56.0 Å². The fourth-order valence-corrected chi connectivity index (χ4v) is 7.46. The van der Waals surface area contributed by atoms with E-state index in [2.05, 4.69) is 38.8 Å². The van der Waals surface area contributed by atoms with Crippen LogP contribution in [0.25, 0.3) is 0 Å². The Morgan fingerprint density at radius 2 is 1.82 bits per heavy atom. The normalized spacial score (nSPS) is 28.0. The van der Waals surface area contributed by atoms with Crippen molar-refractivity contribution in [3.8, 4) is 18.1 Å². The number of rotatable bonds is 4. The van der Waals surface area contributed by atoms with Gasteiger partial charge in [-0.1, -0.05) is 6.92 Å². The highest BCUT2D eigenvalue weighted by molar-refractivity contribution is 7.14. The molecule has 4 atom stereocenters. The van der Waals surface area contributed by atoms with Gasteiger partial charge in [0, 0.05) is 44.2 Å². The number of fused-ring (bicyclic) bond motifs is 1. The first-order chi connectivity index (χ1) is 19.3. The minimum atomic E-state index is -0.518. The van der Waals surface area contributed by atoms with E-state index in [1.165, 1.54) is 31.3 Å². The number of aliphatic hydroxyl groups excluding tert-OH is 1. The first-order valence-electron chi connectivity index (χ1n) is 14.0. The standard InChI is InChI=1S/C21H25N7O2S.C7H12FN/c1-21(16-11-31-17(24)14(16)8-22)5-7-28(12-21)19-15(9-23)18(25-20(26-19)30-2)27-6-3-4-13(29)10-27;8-6-4-7-2-1-3-9(7)5-6/h11,13,29H,3-7,10,12,24H2,1-2H3;6-7H,1-5H2. The van der Waals surface area contributed by atoms with Crippen molar-refractivity contribution in [1.82, 2.24) is 14.9 Å². The van der Waals surface area contributed by atoms with Crippen LogP contribution in [0, 0.1) is 22.7 Å². The monoisotopic (exact) mass is 568 g/mol. The lowest BCUT2D eigenvalue weighted by Crippen LogP contribution is -2.39. The number of anilines is 3. The zero-order chi connectivity index (χ0) is 28.4. The number of methoxy groups -OCH3 is 1. The zero-order valence-electron chi connectivity index (χ0n) is 23.1. The minimum absolute atomic E-state index is 0.190. The van der Waals surface area contributed by atoms with E-state index in [1.54, 1.807) is 0 Å². The van der Waals surface area contributed by atoms with E-state index in [0.717, 1.165) is 37.8 Å². The second-order valence-electron chi connectivity index (χ2n) is 11.4. The fourth-order valence-electron chi connectivity index (χ4n) is 6.53. The number of hydrogen-bond acceptors (Lipinski definition) is 11. The molecule has 4 saturated heterocycles. The Hall–Kier alpha value is -3.19. The van der Waals surface area contributed by atoms with Gasteiger partial charge in [-0.15, -0.1) is 11.3 Å². The van der Waals surface area contributed by atoms with Crippen LogP contribution in [0.5, 0.6) is 6.01 Å². The van der Waals surface area contributed by atoms with Crippen LogP contribution in [-0.2, 0) is 5.41 Å². The van der Waals surface area contributed by atoms with Crippen molar-refractivity contribution in [2.45, 2.75) is 69.2 Å². The molecule has 6 heterocycles. The molecule has 0 amide bonds. The minimum Gasteiger partial charge on any atom is -0.467 e. The van der Waals surface area contributed by atoms with Gasteiger partial charge < -0.3 is 25.4 Å². The average Bonchev–Trinajstić information content (AvgIpc) is 3.72.